The van der Waals surface area contributed by atoms with Gasteiger partial charge in [0, 0.05) is 15.4 Å². The molecule has 100 valence electrons. The van der Waals surface area contributed by atoms with E-state index in [1.54, 1.807) is 0 Å². The van der Waals surface area contributed by atoms with Crippen LogP contribution >= 0.6 is 31.9 Å². The van der Waals surface area contributed by atoms with Crippen LogP contribution in [0, 0.1) is 5.92 Å². The minimum atomic E-state index is 0.409. The Morgan fingerprint density at radius 2 is 1.94 bits per heavy atom. The van der Waals surface area contributed by atoms with E-state index in [9.17, 15) is 0 Å². The summed E-state index contributed by atoms with van der Waals surface area (Å²) in [5.74, 6) is 1.96. The van der Waals surface area contributed by atoms with Gasteiger partial charge in [-0.2, -0.15) is 0 Å². The summed E-state index contributed by atoms with van der Waals surface area (Å²) >= 11 is 7.03. The van der Waals surface area contributed by atoms with Gasteiger partial charge in [0.05, 0.1) is 6.10 Å². The Kier molecular flexibility index (Phi) is 5.56. The van der Waals surface area contributed by atoms with E-state index >= 15 is 0 Å². The van der Waals surface area contributed by atoms with Gasteiger partial charge >= 0.3 is 0 Å². The molecule has 0 aliphatic heterocycles. The lowest BCUT2D eigenvalue weighted by atomic mass is 9.86. The topological polar surface area (TPSA) is 9.23 Å². The molecule has 0 amide bonds. The van der Waals surface area contributed by atoms with Crippen molar-refractivity contribution in [3.05, 3.63) is 28.2 Å². The van der Waals surface area contributed by atoms with Crippen LogP contribution in [0.3, 0.4) is 0 Å². The van der Waals surface area contributed by atoms with Crippen LogP contribution in [0.25, 0.3) is 0 Å². The van der Waals surface area contributed by atoms with Gasteiger partial charge in [0.2, 0.25) is 0 Å². The summed E-state index contributed by atoms with van der Waals surface area (Å²) in [6.45, 7) is 2.30. The molecule has 1 saturated carbocycles. The molecule has 0 spiro atoms. The molecule has 0 heterocycles. The molecule has 0 saturated heterocycles. The molecule has 1 aromatic carbocycles. The predicted octanol–water partition coefficient (Wildman–Crippen LogP) is 5.69. The highest BCUT2D eigenvalue weighted by Gasteiger charge is 2.21. The molecule has 18 heavy (non-hydrogen) atoms. The van der Waals surface area contributed by atoms with E-state index in [-0.39, 0.29) is 0 Å². The quantitative estimate of drug-likeness (QED) is 0.614. The fourth-order valence-electron chi connectivity index (χ4n) is 2.60. The van der Waals surface area contributed by atoms with Gasteiger partial charge in [-0.1, -0.05) is 45.2 Å². The Morgan fingerprint density at radius 3 is 2.56 bits per heavy atom. The second kappa shape index (κ2) is 6.95. The van der Waals surface area contributed by atoms with Gasteiger partial charge in [0.15, 0.2) is 0 Å². The third kappa shape index (κ3) is 3.74. The van der Waals surface area contributed by atoms with Crippen molar-refractivity contribution in [3.8, 4) is 5.75 Å². The number of rotatable bonds is 4. The summed E-state index contributed by atoms with van der Waals surface area (Å²) < 4.78 is 7.28. The summed E-state index contributed by atoms with van der Waals surface area (Å²) in [6.07, 6.45) is 6.78. The van der Waals surface area contributed by atoms with Crippen LogP contribution < -0.4 is 4.74 Å². The third-order valence-electron chi connectivity index (χ3n) is 3.83. The first kappa shape index (κ1) is 14.4. The van der Waals surface area contributed by atoms with Gasteiger partial charge < -0.3 is 4.74 Å². The Hall–Kier alpha value is -0.0200. The van der Waals surface area contributed by atoms with Crippen molar-refractivity contribution in [2.75, 3.05) is 0 Å². The van der Waals surface area contributed by atoms with Gasteiger partial charge in [0.1, 0.15) is 5.75 Å². The van der Waals surface area contributed by atoms with Crippen molar-refractivity contribution in [2.24, 2.45) is 5.92 Å². The summed E-state index contributed by atoms with van der Waals surface area (Å²) in [6, 6.07) is 6.26. The van der Waals surface area contributed by atoms with Crippen molar-refractivity contribution in [1.82, 2.24) is 0 Å². The van der Waals surface area contributed by atoms with Crippen LogP contribution in [0.2, 0.25) is 0 Å². The summed E-state index contributed by atoms with van der Waals surface area (Å²) in [5, 5.41) is 0.839. The monoisotopic (exact) mass is 374 g/mol. The largest absolute Gasteiger partial charge is 0.490 e. The molecule has 0 unspecified atom stereocenters. The zero-order chi connectivity index (χ0) is 13.0. The standard InChI is InChI=1S/C15H20Br2O/c1-2-11-3-6-14(7-4-11)18-15-8-5-13(17)9-12(15)10-16/h5,8-9,11,14H,2-4,6-7,10H2,1H3. The first-order valence-electron chi connectivity index (χ1n) is 6.74. The third-order valence-corrected chi connectivity index (χ3v) is 4.93. The Morgan fingerprint density at radius 1 is 1.22 bits per heavy atom. The summed E-state index contributed by atoms with van der Waals surface area (Å²) in [7, 11) is 0. The highest BCUT2D eigenvalue weighted by atomic mass is 79.9. The van der Waals surface area contributed by atoms with E-state index in [1.165, 1.54) is 37.7 Å². The van der Waals surface area contributed by atoms with Crippen molar-refractivity contribution < 1.29 is 4.74 Å². The van der Waals surface area contributed by atoms with Crippen LogP contribution in [-0.2, 0) is 5.33 Å². The van der Waals surface area contributed by atoms with E-state index in [2.05, 4.69) is 57.0 Å². The number of hydrogen-bond acceptors (Lipinski definition) is 1. The number of benzene rings is 1. The number of ether oxygens (including phenoxy) is 1. The lowest BCUT2D eigenvalue weighted by Crippen LogP contribution is -2.24. The van der Waals surface area contributed by atoms with Gasteiger partial charge in [-0.3, -0.25) is 0 Å². The fraction of sp³-hybridized carbons (Fsp3) is 0.600. The first-order chi connectivity index (χ1) is 8.72. The van der Waals surface area contributed by atoms with E-state index in [0.29, 0.717) is 6.10 Å². The van der Waals surface area contributed by atoms with Crippen molar-refractivity contribution in [2.45, 2.75) is 50.5 Å². The van der Waals surface area contributed by atoms with Crippen molar-refractivity contribution in [1.29, 1.82) is 0 Å². The highest BCUT2D eigenvalue weighted by molar-refractivity contribution is 9.10. The van der Waals surface area contributed by atoms with E-state index in [4.69, 9.17) is 4.74 Å². The van der Waals surface area contributed by atoms with Crippen LogP contribution in [-0.4, -0.2) is 6.10 Å². The predicted molar refractivity (Wildman–Crippen MR) is 83.4 cm³/mol. The van der Waals surface area contributed by atoms with E-state index in [0.717, 1.165) is 21.5 Å². The molecule has 3 heteroatoms. The van der Waals surface area contributed by atoms with Crippen LogP contribution in [0.4, 0.5) is 0 Å². The molecular formula is C15H20Br2O. The number of hydrogen-bond donors (Lipinski definition) is 0. The van der Waals surface area contributed by atoms with Crippen LogP contribution in [0.1, 0.15) is 44.6 Å². The molecule has 1 aliphatic rings. The molecule has 1 aromatic rings. The molecule has 1 fully saturated rings. The van der Waals surface area contributed by atoms with Gasteiger partial charge in [-0.05, 0) is 49.8 Å². The molecule has 0 aromatic heterocycles. The lowest BCUT2D eigenvalue weighted by Gasteiger charge is -2.29. The van der Waals surface area contributed by atoms with Crippen LogP contribution in [0.15, 0.2) is 22.7 Å². The van der Waals surface area contributed by atoms with Gasteiger partial charge in [-0.25, -0.2) is 0 Å². The van der Waals surface area contributed by atoms with E-state index < -0.39 is 0 Å². The zero-order valence-electron chi connectivity index (χ0n) is 10.8. The molecule has 1 nitrogen and oxygen atoms in total. The first-order valence-corrected chi connectivity index (χ1v) is 8.65. The van der Waals surface area contributed by atoms with Crippen molar-refractivity contribution >= 4 is 31.9 Å². The van der Waals surface area contributed by atoms with Crippen LogP contribution in [0.5, 0.6) is 5.75 Å². The average Bonchev–Trinajstić information content (AvgIpc) is 2.41. The van der Waals surface area contributed by atoms with Crippen molar-refractivity contribution in [3.63, 3.8) is 0 Å². The molecule has 0 radical (unpaired) electrons. The minimum absolute atomic E-state index is 0.409. The minimum Gasteiger partial charge on any atom is -0.490 e. The molecule has 0 bridgehead atoms. The zero-order valence-corrected chi connectivity index (χ0v) is 14.0. The number of halogens is 2. The Labute approximate surface area is 127 Å². The Balaban J connectivity index is 1.97. The maximum Gasteiger partial charge on any atom is 0.123 e. The second-order valence-corrected chi connectivity index (χ2v) is 6.53. The maximum atomic E-state index is 6.17. The molecule has 2 rings (SSSR count). The highest BCUT2D eigenvalue weighted by Crippen LogP contribution is 2.32. The second-order valence-electron chi connectivity index (χ2n) is 5.05. The fourth-order valence-corrected chi connectivity index (χ4v) is 3.45. The van der Waals surface area contributed by atoms with Gasteiger partial charge in [-0.15, -0.1) is 0 Å². The summed E-state index contributed by atoms with van der Waals surface area (Å²) in [5.41, 5.74) is 1.22. The Bertz CT molecular complexity index is 384. The SMILES string of the molecule is CCC1CCC(Oc2ccc(Br)cc2CBr)CC1. The maximum absolute atomic E-state index is 6.17. The average molecular weight is 376 g/mol. The molecule has 1 aliphatic carbocycles. The molecule has 0 atom stereocenters. The smallest absolute Gasteiger partial charge is 0.123 e. The molecular weight excluding hydrogens is 356 g/mol. The normalized spacial score (nSPS) is 23.9. The summed E-state index contributed by atoms with van der Waals surface area (Å²) in [4.78, 5) is 0. The van der Waals surface area contributed by atoms with Gasteiger partial charge in [0.25, 0.3) is 0 Å². The number of alkyl halides is 1. The van der Waals surface area contributed by atoms with E-state index in [1.807, 2.05) is 0 Å². The molecule has 0 N–H and O–H groups in total. The lowest BCUT2D eigenvalue weighted by molar-refractivity contribution is 0.129.